The summed E-state index contributed by atoms with van der Waals surface area (Å²) in [4.78, 5) is 7.78. The average molecular weight is 202 g/mol. The molecule has 1 aromatic carbocycles. The third-order valence-corrected chi connectivity index (χ3v) is 1.86. The van der Waals surface area contributed by atoms with Gasteiger partial charge in [-0.15, -0.1) is 0 Å². The lowest BCUT2D eigenvalue weighted by Gasteiger charge is -1.98. The molecule has 14 heavy (non-hydrogen) atoms. The van der Waals surface area contributed by atoms with Crippen LogP contribution in [0.2, 0.25) is 0 Å². The molecule has 0 fully saturated rings. The maximum Gasteiger partial charge on any atom is 0.181 e. The molecular weight excluding hydrogens is 196 g/mol. The molecule has 2 aromatic rings. The number of rotatable bonds is 2. The Morgan fingerprint density at radius 1 is 1.36 bits per heavy atom. The molecule has 2 rings (SSSR count). The van der Waals surface area contributed by atoms with E-state index in [2.05, 4.69) is 27.4 Å². The first-order chi connectivity index (χ1) is 6.92. The number of isothiocyanates is 1. The van der Waals surface area contributed by atoms with Crippen molar-refractivity contribution in [2.45, 2.75) is 0 Å². The molecule has 0 saturated heterocycles. The van der Waals surface area contributed by atoms with Crippen molar-refractivity contribution >= 4 is 23.1 Å². The molecule has 0 N–H and O–H groups in total. The predicted octanol–water partition coefficient (Wildman–Crippen LogP) is 3.08. The van der Waals surface area contributed by atoms with E-state index in [1.54, 1.807) is 6.20 Å². The molecule has 0 amide bonds. The topological polar surface area (TPSA) is 38.4 Å². The minimum atomic E-state index is 0.676. The lowest BCUT2D eigenvalue weighted by atomic mass is 10.1. The van der Waals surface area contributed by atoms with E-state index < -0.39 is 0 Å². The Labute approximate surface area is 86.1 Å². The van der Waals surface area contributed by atoms with E-state index in [1.165, 1.54) is 6.39 Å². The van der Waals surface area contributed by atoms with Gasteiger partial charge in [0.25, 0.3) is 0 Å². The van der Waals surface area contributed by atoms with Gasteiger partial charge in [-0.25, -0.2) is 4.98 Å². The molecule has 4 heteroatoms. The van der Waals surface area contributed by atoms with Gasteiger partial charge in [0.1, 0.15) is 0 Å². The van der Waals surface area contributed by atoms with E-state index in [-0.39, 0.29) is 0 Å². The highest BCUT2D eigenvalue weighted by Gasteiger charge is 2.05. The van der Waals surface area contributed by atoms with Crippen LogP contribution in [0.15, 0.2) is 46.3 Å². The van der Waals surface area contributed by atoms with E-state index in [9.17, 15) is 0 Å². The number of aliphatic imine (C=N–C) groups is 1. The molecular formula is C10H6N2OS. The van der Waals surface area contributed by atoms with Crippen molar-refractivity contribution in [2.24, 2.45) is 4.99 Å². The van der Waals surface area contributed by atoms with Crippen LogP contribution in [0.5, 0.6) is 0 Å². The standard InChI is InChI=1S/C10H6N2OS/c14-7-12-9-4-2-1-3-8(9)10-5-11-6-13-10/h1-6H. The Hall–Kier alpha value is -1.77. The summed E-state index contributed by atoms with van der Waals surface area (Å²) in [5.74, 6) is 0.676. The second kappa shape index (κ2) is 3.96. The summed E-state index contributed by atoms with van der Waals surface area (Å²) in [5.41, 5.74) is 1.60. The first kappa shape index (κ1) is 8.81. The van der Waals surface area contributed by atoms with Crippen molar-refractivity contribution in [3.63, 3.8) is 0 Å². The number of thiocarbonyl (C=S) groups is 1. The minimum Gasteiger partial charge on any atom is -0.443 e. The molecule has 0 saturated carbocycles. The fourth-order valence-corrected chi connectivity index (χ4v) is 1.28. The van der Waals surface area contributed by atoms with E-state index >= 15 is 0 Å². The summed E-state index contributed by atoms with van der Waals surface area (Å²) < 4.78 is 5.17. The summed E-state index contributed by atoms with van der Waals surface area (Å²) in [6.07, 6.45) is 3.02. The zero-order valence-corrected chi connectivity index (χ0v) is 7.99. The van der Waals surface area contributed by atoms with Gasteiger partial charge in [0, 0.05) is 5.56 Å². The Morgan fingerprint density at radius 2 is 2.21 bits per heavy atom. The number of benzene rings is 1. The van der Waals surface area contributed by atoms with Gasteiger partial charge in [0.05, 0.1) is 17.0 Å². The van der Waals surface area contributed by atoms with Crippen LogP contribution in [0, 0.1) is 0 Å². The lowest BCUT2D eigenvalue weighted by molar-refractivity contribution is 0.572. The normalized spacial score (nSPS) is 9.43. The fraction of sp³-hybridized carbons (Fsp3) is 0. The van der Waals surface area contributed by atoms with Crippen molar-refractivity contribution < 1.29 is 4.42 Å². The largest absolute Gasteiger partial charge is 0.443 e. The van der Waals surface area contributed by atoms with Gasteiger partial charge in [0.2, 0.25) is 0 Å². The smallest absolute Gasteiger partial charge is 0.181 e. The number of hydrogen-bond acceptors (Lipinski definition) is 4. The van der Waals surface area contributed by atoms with Gasteiger partial charge in [-0.3, -0.25) is 0 Å². The molecule has 0 bridgehead atoms. The van der Waals surface area contributed by atoms with E-state index in [4.69, 9.17) is 4.42 Å². The van der Waals surface area contributed by atoms with Crippen molar-refractivity contribution in [2.75, 3.05) is 0 Å². The van der Waals surface area contributed by atoms with Crippen LogP contribution in [0.1, 0.15) is 0 Å². The van der Waals surface area contributed by atoms with Gasteiger partial charge in [-0.05, 0) is 24.4 Å². The quantitative estimate of drug-likeness (QED) is 0.555. The molecule has 0 aliphatic carbocycles. The summed E-state index contributed by atoms with van der Waals surface area (Å²) in [7, 11) is 0. The highest BCUT2D eigenvalue weighted by molar-refractivity contribution is 7.78. The van der Waals surface area contributed by atoms with Crippen LogP contribution in [-0.4, -0.2) is 10.1 Å². The maximum atomic E-state index is 5.17. The first-order valence-corrected chi connectivity index (χ1v) is 4.38. The van der Waals surface area contributed by atoms with Crippen LogP contribution < -0.4 is 0 Å². The predicted molar refractivity (Wildman–Crippen MR) is 56.6 cm³/mol. The van der Waals surface area contributed by atoms with Crippen LogP contribution in [0.25, 0.3) is 11.3 Å². The molecule has 0 aliphatic heterocycles. The average Bonchev–Trinajstić information content (AvgIpc) is 2.72. The van der Waals surface area contributed by atoms with Crippen LogP contribution >= 0.6 is 12.2 Å². The van der Waals surface area contributed by atoms with Crippen LogP contribution in [0.4, 0.5) is 5.69 Å². The fourth-order valence-electron chi connectivity index (χ4n) is 1.18. The lowest BCUT2D eigenvalue weighted by Crippen LogP contribution is -1.74. The third kappa shape index (κ3) is 1.62. The highest BCUT2D eigenvalue weighted by atomic mass is 32.1. The molecule has 1 aromatic heterocycles. The number of hydrogen-bond donors (Lipinski definition) is 0. The highest BCUT2D eigenvalue weighted by Crippen LogP contribution is 2.28. The van der Waals surface area contributed by atoms with Crippen molar-refractivity contribution in [1.29, 1.82) is 0 Å². The van der Waals surface area contributed by atoms with Crippen molar-refractivity contribution in [3.8, 4) is 11.3 Å². The number of nitrogens with zero attached hydrogens (tertiary/aromatic N) is 2. The Kier molecular flexibility index (Phi) is 2.49. The molecule has 3 nitrogen and oxygen atoms in total. The van der Waals surface area contributed by atoms with Gasteiger partial charge >= 0.3 is 0 Å². The van der Waals surface area contributed by atoms with Crippen LogP contribution in [-0.2, 0) is 0 Å². The SMILES string of the molecule is S=C=Nc1ccccc1-c1cnco1. The summed E-state index contributed by atoms with van der Waals surface area (Å²) in [6.45, 7) is 0. The Balaban J connectivity index is 2.57. The van der Waals surface area contributed by atoms with Crippen molar-refractivity contribution in [3.05, 3.63) is 36.9 Å². The molecule has 0 atom stereocenters. The minimum absolute atomic E-state index is 0.676. The van der Waals surface area contributed by atoms with Gasteiger partial charge in [-0.2, -0.15) is 4.99 Å². The van der Waals surface area contributed by atoms with Gasteiger partial charge in [-0.1, -0.05) is 12.1 Å². The van der Waals surface area contributed by atoms with Gasteiger partial charge < -0.3 is 4.42 Å². The molecule has 0 spiro atoms. The second-order valence-electron chi connectivity index (χ2n) is 2.59. The molecule has 0 unspecified atom stereocenters. The third-order valence-electron chi connectivity index (χ3n) is 1.77. The van der Waals surface area contributed by atoms with Crippen LogP contribution in [0.3, 0.4) is 0 Å². The summed E-state index contributed by atoms with van der Waals surface area (Å²) in [6, 6.07) is 7.52. The zero-order chi connectivity index (χ0) is 9.80. The second-order valence-corrected chi connectivity index (χ2v) is 2.77. The molecule has 68 valence electrons. The number of oxazole rings is 1. The zero-order valence-electron chi connectivity index (χ0n) is 7.18. The van der Waals surface area contributed by atoms with Crippen molar-refractivity contribution in [1.82, 2.24) is 4.98 Å². The molecule has 0 radical (unpaired) electrons. The number of para-hydroxylation sites is 1. The summed E-state index contributed by atoms with van der Waals surface area (Å²) >= 11 is 4.56. The van der Waals surface area contributed by atoms with E-state index in [0.717, 1.165) is 11.3 Å². The van der Waals surface area contributed by atoms with E-state index in [1.807, 2.05) is 24.3 Å². The van der Waals surface area contributed by atoms with Gasteiger partial charge in [0.15, 0.2) is 12.2 Å². The Bertz CT molecular complexity index is 473. The Morgan fingerprint density at radius 3 is 2.93 bits per heavy atom. The molecule has 1 heterocycles. The van der Waals surface area contributed by atoms with E-state index in [0.29, 0.717) is 5.76 Å². The summed E-state index contributed by atoms with van der Waals surface area (Å²) in [5, 5.41) is 2.33. The monoisotopic (exact) mass is 202 g/mol. The number of aromatic nitrogens is 1. The molecule has 0 aliphatic rings. The maximum absolute atomic E-state index is 5.17. The first-order valence-electron chi connectivity index (χ1n) is 3.97.